The minimum absolute atomic E-state index is 0.138. The molecule has 1 aromatic heterocycles. The molecule has 1 fully saturated rings. The summed E-state index contributed by atoms with van der Waals surface area (Å²) < 4.78 is 0. The molecule has 0 unspecified atom stereocenters. The van der Waals surface area contributed by atoms with Gasteiger partial charge in [0.15, 0.2) is 5.11 Å². The molecular weight excluding hydrogens is 304 g/mol. The van der Waals surface area contributed by atoms with Crippen LogP contribution < -0.4 is 16.2 Å². The Bertz CT molecular complexity index is 503. The quantitative estimate of drug-likeness (QED) is 0.586. The van der Waals surface area contributed by atoms with E-state index in [1.807, 2.05) is 12.3 Å². The van der Waals surface area contributed by atoms with E-state index in [2.05, 4.69) is 28.1 Å². The molecule has 2 rings (SSSR count). The second-order valence-corrected chi connectivity index (χ2v) is 7.02. The maximum absolute atomic E-state index is 11.8. The number of nitrogens with zero attached hydrogens (tertiary/aromatic N) is 1. The second kappa shape index (κ2) is 7.70. The van der Waals surface area contributed by atoms with Crippen LogP contribution in [0.25, 0.3) is 0 Å². The first kappa shape index (κ1) is 16.2. The van der Waals surface area contributed by atoms with Gasteiger partial charge in [0, 0.05) is 11.4 Å². The number of rotatable bonds is 3. The molecule has 1 aliphatic rings. The lowest BCUT2D eigenvalue weighted by Gasteiger charge is -2.30. The summed E-state index contributed by atoms with van der Waals surface area (Å²) in [6.45, 7) is 4.16. The summed E-state index contributed by atoms with van der Waals surface area (Å²) in [6.07, 6.45) is 5.16. The number of thiazole rings is 1. The number of carbonyl (C=O) groups is 1. The van der Waals surface area contributed by atoms with Gasteiger partial charge in [-0.25, -0.2) is 4.98 Å². The van der Waals surface area contributed by atoms with Crippen LogP contribution in [-0.4, -0.2) is 22.0 Å². The summed E-state index contributed by atoms with van der Waals surface area (Å²) in [4.78, 5) is 16.0. The third-order valence-corrected chi connectivity index (χ3v) is 4.79. The molecule has 1 amide bonds. The summed E-state index contributed by atoms with van der Waals surface area (Å²) >= 11 is 6.77. The highest BCUT2D eigenvalue weighted by atomic mass is 32.1. The molecule has 0 saturated heterocycles. The van der Waals surface area contributed by atoms with Crippen molar-refractivity contribution in [2.75, 3.05) is 0 Å². The Hall–Kier alpha value is -1.21. The van der Waals surface area contributed by atoms with Crippen LogP contribution in [0.3, 0.4) is 0 Å². The van der Waals surface area contributed by atoms with Gasteiger partial charge in [-0.2, -0.15) is 0 Å². The fraction of sp³-hybridized carbons (Fsp3) is 0.643. The van der Waals surface area contributed by atoms with E-state index >= 15 is 0 Å². The van der Waals surface area contributed by atoms with Crippen molar-refractivity contribution in [1.29, 1.82) is 0 Å². The summed E-state index contributed by atoms with van der Waals surface area (Å²) in [5.74, 6) is 0.480. The van der Waals surface area contributed by atoms with Crippen LogP contribution in [0, 0.1) is 12.8 Å². The van der Waals surface area contributed by atoms with E-state index in [-0.39, 0.29) is 12.3 Å². The Labute approximate surface area is 134 Å². The molecule has 1 aromatic rings. The molecule has 1 saturated carbocycles. The number of hydrogen-bond acceptors (Lipinski definition) is 4. The Balaban J connectivity index is 1.69. The van der Waals surface area contributed by atoms with Gasteiger partial charge in [-0.3, -0.25) is 15.6 Å². The van der Waals surface area contributed by atoms with E-state index in [0.29, 0.717) is 17.1 Å². The van der Waals surface area contributed by atoms with Crippen molar-refractivity contribution in [3.63, 3.8) is 0 Å². The lowest BCUT2D eigenvalue weighted by molar-refractivity contribution is -0.121. The molecule has 2 atom stereocenters. The van der Waals surface area contributed by atoms with Crippen molar-refractivity contribution in [3.8, 4) is 0 Å². The van der Waals surface area contributed by atoms with Gasteiger partial charge >= 0.3 is 0 Å². The van der Waals surface area contributed by atoms with Crippen molar-refractivity contribution in [3.05, 3.63) is 16.1 Å². The van der Waals surface area contributed by atoms with Crippen LogP contribution in [0.1, 0.15) is 43.3 Å². The van der Waals surface area contributed by atoms with Gasteiger partial charge in [-0.1, -0.05) is 19.8 Å². The van der Waals surface area contributed by atoms with Gasteiger partial charge < -0.3 is 5.32 Å². The van der Waals surface area contributed by atoms with E-state index in [1.165, 1.54) is 19.3 Å². The van der Waals surface area contributed by atoms with Crippen LogP contribution in [0.4, 0.5) is 0 Å². The second-order valence-electron chi connectivity index (χ2n) is 5.55. The monoisotopic (exact) mass is 326 g/mol. The van der Waals surface area contributed by atoms with Gasteiger partial charge in [0.2, 0.25) is 5.91 Å². The fourth-order valence-electron chi connectivity index (χ4n) is 2.56. The van der Waals surface area contributed by atoms with Crippen molar-refractivity contribution >= 4 is 34.6 Å². The Morgan fingerprint density at radius 1 is 1.43 bits per heavy atom. The molecule has 5 nitrogen and oxygen atoms in total. The number of amides is 1. The molecule has 7 heteroatoms. The first-order valence-corrected chi connectivity index (χ1v) is 8.59. The summed E-state index contributed by atoms with van der Waals surface area (Å²) in [7, 11) is 0. The average Bonchev–Trinajstić information content (AvgIpc) is 2.84. The van der Waals surface area contributed by atoms with E-state index in [4.69, 9.17) is 12.2 Å². The molecule has 1 aliphatic carbocycles. The van der Waals surface area contributed by atoms with Crippen LogP contribution in [0.15, 0.2) is 5.38 Å². The van der Waals surface area contributed by atoms with Crippen molar-refractivity contribution in [2.45, 2.75) is 52.0 Å². The predicted octanol–water partition coefficient (Wildman–Crippen LogP) is 2.07. The molecular formula is C14H22N4OS2. The predicted molar refractivity (Wildman–Crippen MR) is 89.0 cm³/mol. The molecule has 21 heavy (non-hydrogen) atoms. The Morgan fingerprint density at radius 2 is 2.19 bits per heavy atom. The van der Waals surface area contributed by atoms with Crippen molar-refractivity contribution < 1.29 is 4.79 Å². The zero-order valence-corrected chi connectivity index (χ0v) is 14.1. The first-order valence-electron chi connectivity index (χ1n) is 7.31. The highest BCUT2D eigenvalue weighted by Gasteiger charge is 2.21. The number of hydrazine groups is 1. The van der Waals surface area contributed by atoms with Crippen LogP contribution in [-0.2, 0) is 11.2 Å². The molecule has 0 bridgehead atoms. The normalized spacial score (nSPS) is 21.6. The average molecular weight is 326 g/mol. The number of nitrogens with one attached hydrogen (secondary N) is 3. The fourth-order valence-corrected chi connectivity index (χ4v) is 3.37. The maximum atomic E-state index is 11.8. The number of thiocarbonyl (C=S) groups is 1. The smallest absolute Gasteiger partial charge is 0.244 e. The lowest BCUT2D eigenvalue weighted by atomic mass is 9.86. The SMILES string of the molecule is Cc1nc(CC(=O)NNC(=S)N[C@@H]2CCCC[C@H]2C)cs1. The molecule has 1 heterocycles. The maximum Gasteiger partial charge on any atom is 0.244 e. The highest BCUT2D eigenvalue weighted by molar-refractivity contribution is 7.80. The van der Waals surface area contributed by atoms with E-state index in [0.717, 1.165) is 17.1 Å². The number of aromatic nitrogens is 1. The van der Waals surface area contributed by atoms with Gasteiger partial charge in [-0.15, -0.1) is 11.3 Å². The molecule has 0 aromatic carbocycles. The third kappa shape index (κ3) is 5.24. The third-order valence-electron chi connectivity index (χ3n) is 3.75. The number of aryl methyl sites for hydroxylation is 1. The molecule has 116 valence electrons. The largest absolute Gasteiger partial charge is 0.358 e. The van der Waals surface area contributed by atoms with E-state index in [1.54, 1.807) is 11.3 Å². The highest BCUT2D eigenvalue weighted by Crippen LogP contribution is 2.23. The Kier molecular flexibility index (Phi) is 5.93. The molecule has 0 aliphatic heterocycles. The first-order chi connectivity index (χ1) is 10.0. The van der Waals surface area contributed by atoms with E-state index < -0.39 is 0 Å². The van der Waals surface area contributed by atoms with Crippen LogP contribution in [0.5, 0.6) is 0 Å². The minimum atomic E-state index is -0.138. The summed E-state index contributed by atoms with van der Waals surface area (Å²) in [6, 6.07) is 0.400. The van der Waals surface area contributed by atoms with Gasteiger partial charge in [0.1, 0.15) is 0 Å². The summed E-state index contributed by atoms with van der Waals surface area (Å²) in [5, 5.41) is 6.63. The number of hydrogen-bond donors (Lipinski definition) is 3. The summed E-state index contributed by atoms with van der Waals surface area (Å²) in [5.41, 5.74) is 6.18. The topological polar surface area (TPSA) is 66.0 Å². The zero-order valence-electron chi connectivity index (χ0n) is 12.4. The molecule has 0 spiro atoms. The van der Waals surface area contributed by atoms with Crippen molar-refractivity contribution in [2.24, 2.45) is 5.92 Å². The van der Waals surface area contributed by atoms with Gasteiger partial charge in [0.05, 0.1) is 17.1 Å². The van der Waals surface area contributed by atoms with Crippen molar-refractivity contribution in [1.82, 2.24) is 21.2 Å². The number of carbonyl (C=O) groups excluding carboxylic acids is 1. The standard InChI is InChI=1S/C14H22N4OS2/c1-9-5-3-4-6-12(9)16-14(20)18-17-13(19)7-11-8-21-10(2)15-11/h8-9,12H,3-7H2,1-2H3,(H,17,19)(H2,16,18,20)/t9-,12-/m1/s1. The molecule has 0 radical (unpaired) electrons. The van der Waals surface area contributed by atoms with Gasteiger partial charge in [0.25, 0.3) is 0 Å². The zero-order chi connectivity index (χ0) is 15.2. The lowest BCUT2D eigenvalue weighted by Crippen LogP contribution is -2.51. The van der Waals surface area contributed by atoms with E-state index in [9.17, 15) is 4.79 Å². The Morgan fingerprint density at radius 3 is 2.86 bits per heavy atom. The molecule has 3 N–H and O–H groups in total. The minimum Gasteiger partial charge on any atom is -0.358 e. The van der Waals surface area contributed by atoms with Gasteiger partial charge in [-0.05, 0) is 37.9 Å². The van der Waals surface area contributed by atoms with Crippen LogP contribution in [0.2, 0.25) is 0 Å². The van der Waals surface area contributed by atoms with Crippen LogP contribution >= 0.6 is 23.6 Å².